The Kier molecular flexibility index (Phi) is 3.60. The molecule has 5 rings (SSSR count). The number of Topliss-reactive ketones (excluding diaryl/α,β-unsaturated/α-hetero) is 1. The van der Waals surface area contributed by atoms with Gasteiger partial charge in [0.05, 0.1) is 17.0 Å². The van der Waals surface area contributed by atoms with Crippen molar-refractivity contribution >= 4 is 17.4 Å². The molecular formula is C19H25ClN2O. The van der Waals surface area contributed by atoms with Crippen LogP contribution in [-0.2, 0) is 4.79 Å². The van der Waals surface area contributed by atoms with E-state index in [1.165, 1.54) is 5.56 Å². The number of carbonyl (C=O) groups is 1. The lowest BCUT2D eigenvalue weighted by molar-refractivity contribution is -0.201. The van der Waals surface area contributed by atoms with Crippen molar-refractivity contribution in [1.82, 2.24) is 9.80 Å². The second-order valence-corrected chi connectivity index (χ2v) is 8.39. The summed E-state index contributed by atoms with van der Waals surface area (Å²) in [6.07, 6.45) is 3.56. The molecule has 4 saturated heterocycles. The number of hydrogen-bond acceptors (Lipinski definition) is 3. The zero-order valence-corrected chi connectivity index (χ0v) is 14.8. The standard InChI is InChI=1S/C19H25ClN2O/c1-3-4-9-19-12-21-10-18(2,17(19)23)11-22(13-19)16(21)14-7-5-6-8-15(14)20/h5-8,16H,3-4,9-13H2,1-2H3. The van der Waals surface area contributed by atoms with E-state index in [-0.39, 0.29) is 17.0 Å². The molecule has 124 valence electrons. The van der Waals surface area contributed by atoms with Crippen LogP contribution >= 0.6 is 11.6 Å². The van der Waals surface area contributed by atoms with Crippen LogP contribution in [0.5, 0.6) is 0 Å². The van der Waals surface area contributed by atoms with Gasteiger partial charge in [-0.05, 0) is 12.5 Å². The van der Waals surface area contributed by atoms with Gasteiger partial charge in [0.25, 0.3) is 0 Å². The second-order valence-electron chi connectivity index (χ2n) is 7.98. The molecule has 1 aromatic rings. The van der Waals surface area contributed by atoms with Gasteiger partial charge in [0, 0.05) is 36.8 Å². The number of piperidine rings is 2. The van der Waals surface area contributed by atoms with Crippen molar-refractivity contribution in [2.45, 2.75) is 39.3 Å². The van der Waals surface area contributed by atoms with Crippen molar-refractivity contribution in [3.63, 3.8) is 0 Å². The SMILES string of the molecule is CCCCC12CN3CC(C)(CN(C1)C3c1ccccc1Cl)C2=O. The molecule has 0 spiro atoms. The molecule has 2 atom stereocenters. The van der Waals surface area contributed by atoms with Crippen LogP contribution in [0.2, 0.25) is 5.02 Å². The van der Waals surface area contributed by atoms with Crippen molar-refractivity contribution in [3.05, 3.63) is 34.9 Å². The van der Waals surface area contributed by atoms with Crippen LogP contribution in [0, 0.1) is 10.8 Å². The van der Waals surface area contributed by atoms with Crippen LogP contribution in [0.3, 0.4) is 0 Å². The molecule has 3 nitrogen and oxygen atoms in total. The van der Waals surface area contributed by atoms with Crippen LogP contribution in [0.1, 0.15) is 44.8 Å². The van der Waals surface area contributed by atoms with E-state index in [0.717, 1.165) is 50.5 Å². The third-order valence-corrected chi connectivity index (χ3v) is 6.37. The summed E-state index contributed by atoms with van der Waals surface area (Å²) in [5.74, 6) is 0.517. The summed E-state index contributed by atoms with van der Waals surface area (Å²) in [6, 6.07) is 8.16. The van der Waals surface area contributed by atoms with Gasteiger partial charge in [0.15, 0.2) is 0 Å². The number of halogens is 1. The second kappa shape index (κ2) is 5.30. The van der Waals surface area contributed by atoms with Gasteiger partial charge in [0.2, 0.25) is 0 Å². The number of rotatable bonds is 4. The zero-order chi connectivity index (χ0) is 16.2. The number of ketones is 1. The van der Waals surface area contributed by atoms with Crippen LogP contribution in [0.15, 0.2) is 24.3 Å². The van der Waals surface area contributed by atoms with Gasteiger partial charge >= 0.3 is 0 Å². The van der Waals surface area contributed by atoms with Gasteiger partial charge in [-0.25, -0.2) is 0 Å². The predicted octanol–water partition coefficient (Wildman–Crippen LogP) is 3.74. The van der Waals surface area contributed by atoms with Gasteiger partial charge in [-0.2, -0.15) is 0 Å². The van der Waals surface area contributed by atoms with Gasteiger partial charge in [-0.15, -0.1) is 0 Å². The normalized spacial score (nSPS) is 41.5. The van der Waals surface area contributed by atoms with E-state index < -0.39 is 0 Å². The fourth-order valence-corrected chi connectivity index (χ4v) is 5.49. The summed E-state index contributed by atoms with van der Waals surface area (Å²) in [5.41, 5.74) is 0.829. The zero-order valence-electron chi connectivity index (χ0n) is 14.0. The van der Waals surface area contributed by atoms with E-state index in [0.29, 0.717) is 5.78 Å². The molecule has 4 aliphatic rings. The molecule has 4 aliphatic heterocycles. The average molecular weight is 333 g/mol. The van der Waals surface area contributed by atoms with E-state index in [9.17, 15) is 4.79 Å². The molecule has 0 radical (unpaired) electrons. The Hall–Kier alpha value is -0.900. The quantitative estimate of drug-likeness (QED) is 0.839. The van der Waals surface area contributed by atoms with Crippen LogP contribution in [0.4, 0.5) is 0 Å². The van der Waals surface area contributed by atoms with E-state index in [1.807, 2.05) is 12.1 Å². The lowest BCUT2D eigenvalue weighted by atomic mass is 9.59. The first-order valence-electron chi connectivity index (χ1n) is 8.77. The third kappa shape index (κ3) is 2.20. The Balaban J connectivity index is 1.71. The molecule has 1 aromatic carbocycles. The minimum atomic E-state index is -0.206. The third-order valence-electron chi connectivity index (χ3n) is 6.03. The minimum absolute atomic E-state index is 0.154. The Morgan fingerprint density at radius 1 is 1.17 bits per heavy atom. The molecule has 0 aromatic heterocycles. The van der Waals surface area contributed by atoms with E-state index in [1.54, 1.807) is 0 Å². The molecule has 2 unspecified atom stereocenters. The summed E-state index contributed by atoms with van der Waals surface area (Å²) < 4.78 is 0. The van der Waals surface area contributed by atoms with Crippen molar-refractivity contribution < 1.29 is 4.79 Å². The van der Waals surface area contributed by atoms with Gasteiger partial charge in [0.1, 0.15) is 5.78 Å². The summed E-state index contributed by atoms with van der Waals surface area (Å²) in [6.45, 7) is 7.90. The Labute approximate surface area is 143 Å². The fraction of sp³-hybridized carbons (Fsp3) is 0.632. The highest BCUT2D eigenvalue weighted by Gasteiger charge is 2.63. The lowest BCUT2D eigenvalue weighted by Gasteiger charge is -2.65. The van der Waals surface area contributed by atoms with Crippen molar-refractivity contribution in [1.29, 1.82) is 0 Å². The van der Waals surface area contributed by atoms with Crippen LogP contribution in [0.25, 0.3) is 0 Å². The Bertz CT molecular complexity index is 628. The minimum Gasteiger partial charge on any atom is -0.298 e. The van der Waals surface area contributed by atoms with Crippen LogP contribution in [-0.4, -0.2) is 41.8 Å². The molecule has 0 amide bonds. The van der Waals surface area contributed by atoms with Crippen LogP contribution < -0.4 is 0 Å². The lowest BCUT2D eigenvalue weighted by Crippen LogP contribution is -2.76. The van der Waals surface area contributed by atoms with Crippen molar-refractivity contribution in [2.75, 3.05) is 26.2 Å². The van der Waals surface area contributed by atoms with Crippen molar-refractivity contribution in [2.24, 2.45) is 10.8 Å². The first-order valence-corrected chi connectivity index (χ1v) is 9.14. The first-order chi connectivity index (χ1) is 11.0. The molecule has 4 heteroatoms. The molecule has 4 bridgehead atoms. The number of unbranched alkanes of at least 4 members (excludes halogenated alkanes) is 1. The van der Waals surface area contributed by atoms with E-state index >= 15 is 0 Å². The Morgan fingerprint density at radius 2 is 1.83 bits per heavy atom. The highest BCUT2D eigenvalue weighted by Crippen LogP contribution is 2.54. The topological polar surface area (TPSA) is 23.6 Å². The highest BCUT2D eigenvalue weighted by molar-refractivity contribution is 6.31. The fourth-order valence-electron chi connectivity index (χ4n) is 5.25. The summed E-state index contributed by atoms with van der Waals surface area (Å²) in [5, 5.41) is 0.837. The van der Waals surface area contributed by atoms with Crippen molar-refractivity contribution in [3.8, 4) is 0 Å². The summed E-state index contributed by atoms with van der Waals surface area (Å²) in [7, 11) is 0. The molecule has 0 aliphatic carbocycles. The molecule has 23 heavy (non-hydrogen) atoms. The highest BCUT2D eigenvalue weighted by atomic mass is 35.5. The number of hydrogen-bond donors (Lipinski definition) is 0. The summed E-state index contributed by atoms with van der Waals surface area (Å²) >= 11 is 6.48. The Morgan fingerprint density at radius 3 is 2.43 bits per heavy atom. The maximum absolute atomic E-state index is 13.2. The average Bonchev–Trinajstić information content (AvgIpc) is 2.51. The largest absolute Gasteiger partial charge is 0.298 e. The number of carbonyl (C=O) groups excluding carboxylic acids is 1. The molecule has 4 fully saturated rings. The molecular weight excluding hydrogens is 308 g/mol. The monoisotopic (exact) mass is 332 g/mol. The number of nitrogens with zero attached hydrogens (tertiary/aromatic N) is 2. The molecule has 0 saturated carbocycles. The maximum atomic E-state index is 13.2. The predicted molar refractivity (Wildman–Crippen MR) is 92.4 cm³/mol. The van der Waals surface area contributed by atoms with E-state index in [4.69, 9.17) is 11.6 Å². The van der Waals surface area contributed by atoms with Gasteiger partial charge in [-0.1, -0.05) is 56.5 Å². The maximum Gasteiger partial charge on any atom is 0.150 e. The van der Waals surface area contributed by atoms with Gasteiger partial charge < -0.3 is 0 Å². The molecule has 0 N–H and O–H groups in total. The smallest absolute Gasteiger partial charge is 0.150 e. The summed E-state index contributed by atoms with van der Waals surface area (Å²) in [4.78, 5) is 18.2. The molecule has 4 heterocycles. The number of benzene rings is 1. The first kappa shape index (κ1) is 15.6. The van der Waals surface area contributed by atoms with Gasteiger partial charge in [-0.3, -0.25) is 14.6 Å². The van der Waals surface area contributed by atoms with E-state index in [2.05, 4.69) is 35.8 Å².